The maximum Gasteiger partial charge on any atom is 0.328 e. The summed E-state index contributed by atoms with van der Waals surface area (Å²) in [5, 5.41) is 2.83. The lowest BCUT2D eigenvalue weighted by Crippen LogP contribution is -2.62. The second-order valence-corrected chi connectivity index (χ2v) is 8.39. The second kappa shape index (κ2) is 7.94. The van der Waals surface area contributed by atoms with Gasteiger partial charge in [-0.2, -0.15) is 0 Å². The number of carbonyl (C=O) groups excluding carboxylic acids is 3. The van der Waals surface area contributed by atoms with Crippen molar-refractivity contribution < 1.29 is 19.1 Å². The van der Waals surface area contributed by atoms with E-state index in [0.717, 1.165) is 31.2 Å². The van der Waals surface area contributed by atoms with Crippen LogP contribution < -0.4 is 5.32 Å². The first-order chi connectivity index (χ1) is 13.3. The van der Waals surface area contributed by atoms with Crippen LogP contribution in [0.3, 0.4) is 0 Å². The Hall–Kier alpha value is -2.37. The van der Waals surface area contributed by atoms with Crippen molar-refractivity contribution in [1.82, 2.24) is 10.2 Å². The molecule has 152 valence electrons. The fraction of sp³-hybridized carbons (Fsp3) is 0.591. The van der Waals surface area contributed by atoms with Gasteiger partial charge in [0, 0.05) is 12.1 Å². The fourth-order valence-electron chi connectivity index (χ4n) is 4.83. The third-order valence-electron chi connectivity index (χ3n) is 6.02. The molecule has 1 spiro atoms. The lowest BCUT2D eigenvalue weighted by molar-refractivity contribution is -0.145. The normalized spacial score (nSPS) is 21.5. The Bertz CT molecular complexity index is 768. The van der Waals surface area contributed by atoms with Gasteiger partial charge in [0.25, 0.3) is 5.91 Å². The molecular weight excluding hydrogens is 356 g/mol. The van der Waals surface area contributed by atoms with E-state index in [1.165, 1.54) is 7.11 Å². The van der Waals surface area contributed by atoms with E-state index < -0.39 is 23.5 Å². The first kappa shape index (κ1) is 20.4. The molecule has 1 aliphatic heterocycles. The summed E-state index contributed by atoms with van der Waals surface area (Å²) in [6, 6.07) is 6.66. The van der Waals surface area contributed by atoms with Crippen molar-refractivity contribution >= 4 is 17.8 Å². The van der Waals surface area contributed by atoms with Crippen LogP contribution in [-0.2, 0) is 14.3 Å². The summed E-state index contributed by atoms with van der Waals surface area (Å²) in [4.78, 5) is 40.6. The molecule has 1 N–H and O–H groups in total. The van der Waals surface area contributed by atoms with E-state index in [1.807, 2.05) is 23.1 Å². The number of nitrogens with one attached hydrogen (secondary N) is 1. The average Bonchev–Trinajstić information content (AvgIpc) is 3.14. The molecule has 2 aliphatic rings. The van der Waals surface area contributed by atoms with Crippen molar-refractivity contribution in [3.05, 3.63) is 35.4 Å². The molecule has 1 aromatic carbocycles. The summed E-state index contributed by atoms with van der Waals surface area (Å²) in [6.45, 7) is 6.41. The highest BCUT2D eigenvalue weighted by atomic mass is 16.5. The topological polar surface area (TPSA) is 75.7 Å². The summed E-state index contributed by atoms with van der Waals surface area (Å²) in [5.74, 6) is -0.878. The number of esters is 1. The van der Waals surface area contributed by atoms with Crippen LogP contribution >= 0.6 is 0 Å². The maximum absolute atomic E-state index is 13.4. The molecule has 1 aliphatic carbocycles. The van der Waals surface area contributed by atoms with Gasteiger partial charge in [0.05, 0.1) is 18.6 Å². The molecule has 2 amide bonds. The molecule has 1 heterocycles. The van der Waals surface area contributed by atoms with Gasteiger partial charge in [0.1, 0.15) is 6.04 Å². The molecule has 1 saturated carbocycles. The van der Waals surface area contributed by atoms with Crippen molar-refractivity contribution in [1.29, 1.82) is 0 Å². The Morgan fingerprint density at radius 2 is 1.86 bits per heavy atom. The van der Waals surface area contributed by atoms with Crippen LogP contribution in [0.15, 0.2) is 24.3 Å². The minimum absolute atomic E-state index is 0.0104. The third kappa shape index (κ3) is 3.40. The molecule has 0 radical (unpaired) electrons. The number of rotatable bonds is 5. The van der Waals surface area contributed by atoms with Gasteiger partial charge < -0.3 is 15.0 Å². The quantitative estimate of drug-likeness (QED) is 0.790. The van der Waals surface area contributed by atoms with E-state index in [2.05, 4.69) is 19.2 Å². The van der Waals surface area contributed by atoms with E-state index in [1.54, 1.807) is 13.0 Å². The zero-order valence-corrected chi connectivity index (χ0v) is 17.2. The molecule has 0 bridgehead atoms. The number of methoxy groups -OCH3 is 1. The molecule has 3 rings (SSSR count). The molecule has 2 atom stereocenters. The van der Waals surface area contributed by atoms with Gasteiger partial charge in [-0.05, 0) is 37.3 Å². The molecule has 6 heteroatoms. The zero-order chi connectivity index (χ0) is 20.5. The number of nitrogens with zero attached hydrogens (tertiary/aromatic N) is 1. The number of ether oxygens (including phenoxy) is 1. The van der Waals surface area contributed by atoms with Crippen LogP contribution in [0.5, 0.6) is 0 Å². The summed E-state index contributed by atoms with van der Waals surface area (Å²) in [6.07, 6.45) is 3.57. The monoisotopic (exact) mass is 386 g/mol. The van der Waals surface area contributed by atoms with Crippen molar-refractivity contribution in [2.45, 2.75) is 64.0 Å². The van der Waals surface area contributed by atoms with Crippen molar-refractivity contribution in [2.75, 3.05) is 13.7 Å². The van der Waals surface area contributed by atoms with Crippen molar-refractivity contribution in [2.24, 2.45) is 5.92 Å². The Balaban J connectivity index is 2.08. The van der Waals surface area contributed by atoms with E-state index in [4.69, 9.17) is 4.74 Å². The average molecular weight is 386 g/mol. The van der Waals surface area contributed by atoms with Crippen LogP contribution in [0.2, 0.25) is 0 Å². The highest BCUT2D eigenvalue weighted by Gasteiger charge is 2.55. The van der Waals surface area contributed by atoms with Gasteiger partial charge in [0.15, 0.2) is 0 Å². The molecule has 1 aromatic rings. The Morgan fingerprint density at radius 3 is 2.46 bits per heavy atom. The van der Waals surface area contributed by atoms with E-state index in [-0.39, 0.29) is 11.8 Å². The zero-order valence-electron chi connectivity index (χ0n) is 17.2. The first-order valence-corrected chi connectivity index (χ1v) is 10.1. The minimum atomic E-state index is -0.737. The summed E-state index contributed by atoms with van der Waals surface area (Å²) >= 11 is 0. The number of hydrogen-bond acceptors (Lipinski definition) is 4. The minimum Gasteiger partial charge on any atom is -0.467 e. The third-order valence-corrected chi connectivity index (χ3v) is 6.02. The van der Waals surface area contributed by atoms with E-state index in [0.29, 0.717) is 18.0 Å². The van der Waals surface area contributed by atoms with Crippen molar-refractivity contribution in [3.63, 3.8) is 0 Å². The van der Waals surface area contributed by atoms with Crippen LogP contribution in [0.25, 0.3) is 0 Å². The predicted octanol–water partition coefficient (Wildman–Crippen LogP) is 2.87. The van der Waals surface area contributed by atoms with Crippen LogP contribution in [0.1, 0.15) is 68.3 Å². The number of hydrogen-bond donors (Lipinski definition) is 1. The summed E-state index contributed by atoms with van der Waals surface area (Å²) in [5.41, 5.74) is 0.825. The smallest absolute Gasteiger partial charge is 0.328 e. The Morgan fingerprint density at radius 1 is 1.21 bits per heavy atom. The number of carbonyl (C=O) groups is 3. The number of benzene rings is 1. The Kier molecular flexibility index (Phi) is 5.77. The molecular formula is C22H30N2O4. The van der Waals surface area contributed by atoms with Crippen LogP contribution in [0.4, 0.5) is 0 Å². The highest BCUT2D eigenvalue weighted by molar-refractivity contribution is 6.02. The lowest BCUT2D eigenvalue weighted by Gasteiger charge is -2.50. The van der Waals surface area contributed by atoms with Gasteiger partial charge in [-0.15, -0.1) is 0 Å². The maximum atomic E-state index is 13.4. The molecule has 6 nitrogen and oxygen atoms in total. The second-order valence-electron chi connectivity index (χ2n) is 8.39. The van der Waals surface area contributed by atoms with Gasteiger partial charge in [-0.3, -0.25) is 9.59 Å². The first-order valence-electron chi connectivity index (χ1n) is 10.1. The van der Waals surface area contributed by atoms with Gasteiger partial charge in [-0.25, -0.2) is 4.79 Å². The summed E-state index contributed by atoms with van der Waals surface area (Å²) in [7, 11) is 1.31. The lowest BCUT2D eigenvalue weighted by atomic mass is 9.70. The van der Waals surface area contributed by atoms with E-state index >= 15 is 0 Å². The molecule has 0 aromatic heterocycles. The fourth-order valence-corrected chi connectivity index (χ4v) is 4.83. The van der Waals surface area contributed by atoms with E-state index in [9.17, 15) is 14.4 Å². The number of fused-ring (bicyclic) bond motifs is 1. The van der Waals surface area contributed by atoms with Crippen molar-refractivity contribution in [3.8, 4) is 0 Å². The molecule has 0 saturated heterocycles. The predicted molar refractivity (Wildman–Crippen MR) is 106 cm³/mol. The Labute approximate surface area is 166 Å². The van der Waals surface area contributed by atoms with Crippen LogP contribution in [-0.4, -0.2) is 47.9 Å². The summed E-state index contributed by atoms with van der Waals surface area (Å²) < 4.78 is 4.76. The number of amides is 2. The molecule has 28 heavy (non-hydrogen) atoms. The standard InChI is InChI=1S/C22H30N2O4/c1-14(2)13-24-20(26)17-10-6-5-9-16(17)18(22(24)11-7-8-12-22)19(25)23-15(3)21(27)28-4/h5-6,9-10,14-15,18H,7-8,11-13H2,1-4H3,(H,23,25). The molecule has 1 fully saturated rings. The van der Waals surface area contributed by atoms with Gasteiger partial charge >= 0.3 is 5.97 Å². The van der Waals surface area contributed by atoms with Gasteiger partial charge in [0.2, 0.25) is 5.91 Å². The highest BCUT2D eigenvalue weighted by Crippen LogP contribution is 2.50. The van der Waals surface area contributed by atoms with Gasteiger partial charge in [-0.1, -0.05) is 44.9 Å². The SMILES string of the molecule is COC(=O)C(C)NC(=O)C1c2ccccc2C(=O)N(CC(C)C)C12CCCC2. The molecule has 2 unspecified atom stereocenters. The largest absolute Gasteiger partial charge is 0.467 e. The van der Waals surface area contributed by atoms with Crippen LogP contribution in [0, 0.1) is 5.92 Å².